The zero-order valence-corrected chi connectivity index (χ0v) is 13.2. The molecule has 0 aliphatic carbocycles. The van der Waals surface area contributed by atoms with Crippen LogP contribution >= 0.6 is 0 Å². The van der Waals surface area contributed by atoms with Gasteiger partial charge >= 0.3 is 0 Å². The molecule has 0 fully saturated rings. The molecule has 1 heterocycles. The Morgan fingerprint density at radius 2 is 1.88 bits per heavy atom. The van der Waals surface area contributed by atoms with Crippen LogP contribution in [0.3, 0.4) is 0 Å². The molecule has 5 heteroatoms. The highest BCUT2D eigenvalue weighted by Gasteiger charge is 2.07. The molecule has 3 aromatic rings. The third-order valence-corrected chi connectivity index (χ3v) is 3.57. The number of amides is 1. The Hall–Kier alpha value is -3.08. The van der Waals surface area contributed by atoms with Gasteiger partial charge in [0.1, 0.15) is 12.1 Å². The summed E-state index contributed by atoms with van der Waals surface area (Å²) in [5.74, 6) is -0.445. The molecule has 120 valence electrons. The number of carbonyl (C=O) groups excluding carboxylic acids is 1. The molecule has 0 aliphatic heterocycles. The van der Waals surface area contributed by atoms with Crippen LogP contribution in [0.2, 0.25) is 0 Å². The third kappa shape index (κ3) is 3.81. The van der Waals surface area contributed by atoms with E-state index < -0.39 is 0 Å². The summed E-state index contributed by atoms with van der Waals surface area (Å²) in [6.07, 6.45) is 1.44. The van der Waals surface area contributed by atoms with Crippen LogP contribution < -0.4 is 5.32 Å². The standard InChI is InChI=1S/C19H16FN3O/c1-13-3-2-4-15(9-13)19(24)21-11-17-10-18(23-12-22-17)14-5-7-16(20)8-6-14/h2-10,12H,11H2,1H3,(H,21,24). The van der Waals surface area contributed by atoms with Crippen molar-refractivity contribution in [2.75, 3.05) is 0 Å². The second kappa shape index (κ2) is 7.00. The highest BCUT2D eigenvalue weighted by molar-refractivity contribution is 5.94. The Balaban J connectivity index is 1.71. The molecule has 0 aliphatic rings. The van der Waals surface area contributed by atoms with Crippen molar-refractivity contribution in [3.05, 3.63) is 83.6 Å². The monoisotopic (exact) mass is 321 g/mol. The zero-order chi connectivity index (χ0) is 16.9. The van der Waals surface area contributed by atoms with Gasteiger partial charge in [-0.05, 0) is 49.4 Å². The van der Waals surface area contributed by atoms with Crippen LogP contribution in [-0.4, -0.2) is 15.9 Å². The summed E-state index contributed by atoms with van der Waals surface area (Å²) in [7, 11) is 0. The first-order valence-electron chi connectivity index (χ1n) is 7.53. The molecule has 0 saturated heterocycles. The number of benzene rings is 2. The molecular weight excluding hydrogens is 305 g/mol. The topological polar surface area (TPSA) is 54.9 Å². The first-order valence-corrected chi connectivity index (χ1v) is 7.53. The number of nitrogens with zero attached hydrogens (tertiary/aromatic N) is 2. The molecule has 0 spiro atoms. The second-order valence-electron chi connectivity index (χ2n) is 5.45. The Morgan fingerprint density at radius 3 is 2.62 bits per heavy atom. The maximum Gasteiger partial charge on any atom is 0.251 e. The van der Waals surface area contributed by atoms with Gasteiger partial charge in [0.2, 0.25) is 0 Å². The Labute approximate surface area is 139 Å². The molecule has 0 unspecified atom stereocenters. The summed E-state index contributed by atoms with van der Waals surface area (Å²) >= 11 is 0. The van der Waals surface area contributed by atoms with Crippen molar-refractivity contribution in [1.82, 2.24) is 15.3 Å². The van der Waals surface area contributed by atoms with Crippen molar-refractivity contribution < 1.29 is 9.18 Å². The van der Waals surface area contributed by atoms with Gasteiger partial charge in [0.05, 0.1) is 17.9 Å². The summed E-state index contributed by atoms with van der Waals surface area (Å²) in [6, 6.07) is 15.3. The third-order valence-electron chi connectivity index (χ3n) is 3.57. The van der Waals surface area contributed by atoms with E-state index in [-0.39, 0.29) is 11.7 Å². The maximum atomic E-state index is 13.0. The SMILES string of the molecule is Cc1cccc(C(=O)NCc2cc(-c3ccc(F)cc3)ncn2)c1. The summed E-state index contributed by atoms with van der Waals surface area (Å²) < 4.78 is 13.0. The molecule has 0 atom stereocenters. The predicted octanol–water partition coefficient (Wildman–Crippen LogP) is 3.52. The lowest BCUT2D eigenvalue weighted by molar-refractivity contribution is 0.0950. The molecule has 0 saturated carbocycles. The van der Waals surface area contributed by atoms with E-state index in [1.165, 1.54) is 18.5 Å². The Kier molecular flexibility index (Phi) is 4.61. The van der Waals surface area contributed by atoms with Gasteiger partial charge in [-0.2, -0.15) is 0 Å². The minimum Gasteiger partial charge on any atom is -0.346 e. The zero-order valence-electron chi connectivity index (χ0n) is 13.2. The highest BCUT2D eigenvalue weighted by Crippen LogP contribution is 2.17. The number of aromatic nitrogens is 2. The summed E-state index contributed by atoms with van der Waals surface area (Å²) in [5, 5.41) is 2.84. The highest BCUT2D eigenvalue weighted by atomic mass is 19.1. The minimum atomic E-state index is -0.293. The van der Waals surface area contributed by atoms with Crippen molar-refractivity contribution in [1.29, 1.82) is 0 Å². The molecule has 1 N–H and O–H groups in total. The van der Waals surface area contributed by atoms with Crippen molar-refractivity contribution in [2.45, 2.75) is 13.5 Å². The van der Waals surface area contributed by atoms with Crippen LogP contribution in [0.25, 0.3) is 11.3 Å². The van der Waals surface area contributed by atoms with Crippen LogP contribution in [0.15, 0.2) is 60.9 Å². The lowest BCUT2D eigenvalue weighted by atomic mass is 10.1. The van der Waals surface area contributed by atoms with Crippen molar-refractivity contribution >= 4 is 5.91 Å². The van der Waals surface area contributed by atoms with E-state index in [0.29, 0.717) is 23.5 Å². The van der Waals surface area contributed by atoms with Crippen LogP contribution in [0, 0.1) is 12.7 Å². The molecule has 4 nitrogen and oxygen atoms in total. The van der Waals surface area contributed by atoms with Crippen molar-refractivity contribution in [3.8, 4) is 11.3 Å². The fraction of sp³-hybridized carbons (Fsp3) is 0.105. The van der Waals surface area contributed by atoms with E-state index in [2.05, 4.69) is 15.3 Å². The minimum absolute atomic E-state index is 0.152. The van der Waals surface area contributed by atoms with Gasteiger partial charge in [-0.3, -0.25) is 4.79 Å². The quantitative estimate of drug-likeness (QED) is 0.800. The normalized spacial score (nSPS) is 10.4. The largest absolute Gasteiger partial charge is 0.346 e. The fourth-order valence-electron chi connectivity index (χ4n) is 2.33. The number of hydrogen-bond acceptors (Lipinski definition) is 3. The van der Waals surface area contributed by atoms with Crippen LogP contribution in [0.4, 0.5) is 4.39 Å². The van der Waals surface area contributed by atoms with Crippen LogP contribution in [0.5, 0.6) is 0 Å². The average Bonchev–Trinajstić information content (AvgIpc) is 2.60. The number of carbonyl (C=O) groups is 1. The van der Waals surface area contributed by atoms with E-state index in [1.807, 2.05) is 25.1 Å². The maximum absolute atomic E-state index is 13.0. The molecule has 0 bridgehead atoms. The lowest BCUT2D eigenvalue weighted by Gasteiger charge is -2.07. The van der Waals surface area contributed by atoms with E-state index in [9.17, 15) is 9.18 Å². The average molecular weight is 321 g/mol. The molecular formula is C19H16FN3O. The second-order valence-corrected chi connectivity index (χ2v) is 5.45. The van der Waals surface area contributed by atoms with E-state index in [4.69, 9.17) is 0 Å². The Morgan fingerprint density at radius 1 is 1.08 bits per heavy atom. The Bertz CT molecular complexity index is 862. The van der Waals surface area contributed by atoms with E-state index in [0.717, 1.165) is 11.1 Å². The number of nitrogens with one attached hydrogen (secondary N) is 1. The van der Waals surface area contributed by atoms with E-state index >= 15 is 0 Å². The number of aryl methyl sites for hydroxylation is 1. The summed E-state index contributed by atoms with van der Waals surface area (Å²) in [4.78, 5) is 20.5. The molecule has 1 amide bonds. The fourth-order valence-corrected chi connectivity index (χ4v) is 2.33. The van der Waals surface area contributed by atoms with Gasteiger partial charge in [-0.25, -0.2) is 14.4 Å². The van der Waals surface area contributed by atoms with Gasteiger partial charge in [-0.1, -0.05) is 17.7 Å². The van der Waals surface area contributed by atoms with Gasteiger partial charge in [0.15, 0.2) is 0 Å². The lowest BCUT2D eigenvalue weighted by Crippen LogP contribution is -2.23. The van der Waals surface area contributed by atoms with Gasteiger partial charge in [0.25, 0.3) is 5.91 Å². The van der Waals surface area contributed by atoms with Crippen molar-refractivity contribution in [2.24, 2.45) is 0 Å². The number of rotatable bonds is 4. The molecule has 1 aromatic heterocycles. The van der Waals surface area contributed by atoms with E-state index in [1.54, 1.807) is 24.3 Å². The first-order chi connectivity index (χ1) is 11.6. The summed E-state index contributed by atoms with van der Waals surface area (Å²) in [5.41, 5.74) is 3.81. The van der Waals surface area contributed by atoms with Gasteiger partial charge in [0, 0.05) is 11.1 Å². The summed E-state index contributed by atoms with van der Waals surface area (Å²) in [6.45, 7) is 2.24. The smallest absolute Gasteiger partial charge is 0.251 e. The number of hydrogen-bond donors (Lipinski definition) is 1. The molecule has 24 heavy (non-hydrogen) atoms. The van der Waals surface area contributed by atoms with Crippen LogP contribution in [0.1, 0.15) is 21.6 Å². The number of halogens is 1. The van der Waals surface area contributed by atoms with Crippen molar-refractivity contribution in [3.63, 3.8) is 0 Å². The first kappa shape index (κ1) is 15.8. The predicted molar refractivity (Wildman–Crippen MR) is 89.8 cm³/mol. The molecule has 2 aromatic carbocycles. The molecule has 3 rings (SSSR count). The van der Waals surface area contributed by atoms with Gasteiger partial charge < -0.3 is 5.32 Å². The van der Waals surface area contributed by atoms with Crippen LogP contribution in [-0.2, 0) is 6.54 Å². The van der Waals surface area contributed by atoms with Gasteiger partial charge in [-0.15, -0.1) is 0 Å². The molecule has 0 radical (unpaired) electrons.